The molecule has 1 aromatic rings. The zero-order valence-corrected chi connectivity index (χ0v) is 17.6. The fourth-order valence-corrected chi connectivity index (χ4v) is 4.32. The van der Waals surface area contributed by atoms with Crippen LogP contribution >= 0.6 is 23.2 Å². The Hall–Kier alpha value is -0.810. The highest BCUT2D eigenvalue weighted by atomic mass is 35.5. The van der Waals surface area contributed by atoms with E-state index in [-0.39, 0.29) is 23.4 Å². The van der Waals surface area contributed by atoms with Gasteiger partial charge in [0.2, 0.25) is 5.91 Å². The van der Waals surface area contributed by atoms with E-state index in [4.69, 9.17) is 23.2 Å². The Balaban J connectivity index is 2.19. The predicted octanol–water partition coefficient (Wildman–Crippen LogP) is 3.67. The molecule has 0 aromatic heterocycles. The van der Waals surface area contributed by atoms with E-state index >= 15 is 0 Å². The van der Waals surface area contributed by atoms with Crippen LogP contribution in [0.4, 0.5) is 5.69 Å². The van der Waals surface area contributed by atoms with Crippen molar-refractivity contribution in [2.75, 3.05) is 45.0 Å². The second-order valence-corrected chi connectivity index (χ2v) is 8.37. The molecule has 0 heterocycles. The largest absolute Gasteiger partial charge is 0.309 e. The number of hydrogen-bond acceptors (Lipinski definition) is 3. The van der Waals surface area contributed by atoms with Gasteiger partial charge in [0.05, 0.1) is 6.04 Å². The predicted molar refractivity (Wildman–Crippen MR) is 112 cm³/mol. The lowest BCUT2D eigenvalue weighted by molar-refractivity contribution is -0.118. The molecule has 0 aliphatic heterocycles. The Morgan fingerprint density at radius 2 is 1.73 bits per heavy atom. The summed E-state index contributed by atoms with van der Waals surface area (Å²) in [5.41, 5.74) is 0.935. The lowest BCUT2D eigenvalue weighted by Crippen LogP contribution is -2.50. The molecule has 0 N–H and O–H groups in total. The maximum absolute atomic E-state index is 12.9. The first-order valence-corrected chi connectivity index (χ1v) is 10.3. The van der Waals surface area contributed by atoms with Crippen molar-refractivity contribution in [3.8, 4) is 0 Å². The van der Waals surface area contributed by atoms with E-state index in [2.05, 4.69) is 30.9 Å². The number of halogens is 2. The SMILES string of the molecule is CN(C)CCCN(C)C1CC(Cl)CC1N(C(=O)CCCl)c1ccccc1. The molecule has 146 valence electrons. The van der Waals surface area contributed by atoms with Crippen LogP contribution in [0.25, 0.3) is 0 Å². The van der Waals surface area contributed by atoms with Gasteiger partial charge in [0.15, 0.2) is 0 Å². The quantitative estimate of drug-likeness (QED) is 0.592. The van der Waals surface area contributed by atoms with Gasteiger partial charge in [-0.05, 0) is 65.6 Å². The number of rotatable bonds is 9. The molecule has 1 saturated carbocycles. The number of benzene rings is 1. The third-order valence-corrected chi connectivity index (χ3v) is 5.61. The fraction of sp³-hybridized carbons (Fsp3) is 0.650. The second-order valence-electron chi connectivity index (χ2n) is 7.38. The summed E-state index contributed by atoms with van der Waals surface area (Å²) in [6.07, 6.45) is 3.16. The van der Waals surface area contributed by atoms with Gasteiger partial charge in [-0.3, -0.25) is 4.79 Å². The second kappa shape index (κ2) is 10.5. The monoisotopic (exact) mass is 399 g/mol. The van der Waals surface area contributed by atoms with Crippen molar-refractivity contribution in [2.45, 2.75) is 43.1 Å². The van der Waals surface area contributed by atoms with Gasteiger partial charge in [-0.1, -0.05) is 18.2 Å². The molecule has 0 spiro atoms. The molecule has 26 heavy (non-hydrogen) atoms. The van der Waals surface area contributed by atoms with Crippen LogP contribution in [0.1, 0.15) is 25.7 Å². The summed E-state index contributed by atoms with van der Waals surface area (Å²) in [6.45, 7) is 2.05. The smallest absolute Gasteiger partial charge is 0.228 e. The molecule has 0 saturated heterocycles. The van der Waals surface area contributed by atoms with E-state index in [0.29, 0.717) is 12.3 Å². The minimum absolute atomic E-state index is 0.0775. The Kier molecular flexibility index (Phi) is 8.68. The van der Waals surface area contributed by atoms with Gasteiger partial charge in [0.25, 0.3) is 0 Å². The van der Waals surface area contributed by atoms with Crippen LogP contribution in [0.15, 0.2) is 30.3 Å². The summed E-state index contributed by atoms with van der Waals surface area (Å²) in [4.78, 5) is 19.4. The van der Waals surface area contributed by atoms with Crippen LogP contribution in [0, 0.1) is 0 Å². The summed E-state index contributed by atoms with van der Waals surface area (Å²) in [7, 11) is 6.34. The zero-order valence-electron chi connectivity index (χ0n) is 16.1. The number of nitrogens with zero attached hydrogens (tertiary/aromatic N) is 3. The van der Waals surface area contributed by atoms with Crippen LogP contribution < -0.4 is 4.90 Å². The molecular weight excluding hydrogens is 369 g/mol. The van der Waals surface area contributed by atoms with Gasteiger partial charge >= 0.3 is 0 Å². The van der Waals surface area contributed by atoms with Crippen molar-refractivity contribution in [3.05, 3.63) is 30.3 Å². The molecule has 1 aromatic carbocycles. The summed E-state index contributed by atoms with van der Waals surface area (Å²) < 4.78 is 0. The third kappa shape index (κ3) is 5.85. The molecule has 1 aliphatic carbocycles. The lowest BCUT2D eigenvalue weighted by Gasteiger charge is -2.37. The van der Waals surface area contributed by atoms with E-state index < -0.39 is 0 Å². The van der Waals surface area contributed by atoms with Crippen LogP contribution in [0.5, 0.6) is 0 Å². The standard InChI is InChI=1S/C20H31Cl2N3O/c1-23(2)12-7-13-24(3)18-14-16(22)15-19(18)25(20(26)10-11-21)17-8-5-4-6-9-17/h4-6,8-9,16,18-19H,7,10-15H2,1-3H3. The van der Waals surface area contributed by atoms with Gasteiger partial charge in [0, 0.05) is 29.4 Å². The first-order chi connectivity index (χ1) is 12.4. The molecule has 3 atom stereocenters. The van der Waals surface area contributed by atoms with E-state index in [1.165, 1.54) is 0 Å². The van der Waals surface area contributed by atoms with Gasteiger partial charge < -0.3 is 14.7 Å². The minimum atomic E-state index is 0.0775. The molecule has 3 unspecified atom stereocenters. The first kappa shape index (κ1) is 21.5. The van der Waals surface area contributed by atoms with Crippen LogP contribution in [0.2, 0.25) is 0 Å². The number of carbonyl (C=O) groups excluding carboxylic acids is 1. The molecule has 6 heteroatoms. The molecule has 1 fully saturated rings. The highest BCUT2D eigenvalue weighted by Crippen LogP contribution is 2.34. The molecule has 2 rings (SSSR count). The summed E-state index contributed by atoms with van der Waals surface area (Å²) >= 11 is 12.4. The zero-order chi connectivity index (χ0) is 19.1. The maximum atomic E-state index is 12.9. The summed E-state index contributed by atoms with van der Waals surface area (Å²) in [5.74, 6) is 0.413. The number of para-hydroxylation sites is 1. The third-order valence-electron chi connectivity index (χ3n) is 5.06. The van der Waals surface area contributed by atoms with Gasteiger partial charge in [-0.2, -0.15) is 0 Å². The van der Waals surface area contributed by atoms with Crippen molar-refractivity contribution in [3.63, 3.8) is 0 Å². The van der Waals surface area contributed by atoms with E-state index in [0.717, 1.165) is 38.0 Å². The van der Waals surface area contributed by atoms with Crippen molar-refractivity contribution in [1.82, 2.24) is 9.80 Å². The molecule has 0 radical (unpaired) electrons. The van der Waals surface area contributed by atoms with Gasteiger partial charge in [-0.25, -0.2) is 0 Å². The molecule has 4 nitrogen and oxygen atoms in total. The van der Waals surface area contributed by atoms with Gasteiger partial charge in [0.1, 0.15) is 0 Å². The lowest BCUT2D eigenvalue weighted by atomic mass is 10.1. The van der Waals surface area contributed by atoms with Crippen molar-refractivity contribution >= 4 is 34.8 Å². The molecular formula is C20H31Cl2N3O. The maximum Gasteiger partial charge on any atom is 0.228 e. The van der Waals surface area contributed by atoms with E-state index in [1.54, 1.807) is 0 Å². The summed E-state index contributed by atoms with van der Waals surface area (Å²) in [6, 6.07) is 10.3. The average Bonchev–Trinajstić information content (AvgIpc) is 2.97. The number of likely N-dealkylation sites (N-methyl/N-ethyl adjacent to an activating group) is 1. The van der Waals surface area contributed by atoms with Crippen molar-refractivity contribution < 1.29 is 4.79 Å². The molecule has 1 amide bonds. The van der Waals surface area contributed by atoms with E-state index in [9.17, 15) is 4.79 Å². The number of anilines is 1. The first-order valence-electron chi connectivity index (χ1n) is 9.36. The fourth-order valence-electron chi connectivity index (χ4n) is 3.80. The number of amides is 1. The highest BCUT2D eigenvalue weighted by molar-refractivity contribution is 6.21. The number of alkyl halides is 2. The topological polar surface area (TPSA) is 26.8 Å². The Morgan fingerprint density at radius 3 is 2.35 bits per heavy atom. The van der Waals surface area contributed by atoms with Crippen molar-refractivity contribution in [1.29, 1.82) is 0 Å². The highest BCUT2D eigenvalue weighted by Gasteiger charge is 2.41. The van der Waals surface area contributed by atoms with Crippen LogP contribution in [-0.2, 0) is 4.79 Å². The minimum Gasteiger partial charge on any atom is -0.309 e. The Bertz CT molecular complexity index is 555. The van der Waals surface area contributed by atoms with Crippen LogP contribution in [-0.4, -0.2) is 73.3 Å². The van der Waals surface area contributed by atoms with Crippen LogP contribution in [0.3, 0.4) is 0 Å². The van der Waals surface area contributed by atoms with Crippen molar-refractivity contribution in [2.24, 2.45) is 0 Å². The number of carbonyl (C=O) groups is 1. The van der Waals surface area contributed by atoms with E-state index in [1.807, 2.05) is 35.2 Å². The summed E-state index contributed by atoms with van der Waals surface area (Å²) in [5, 5.41) is 0.0938. The number of hydrogen-bond donors (Lipinski definition) is 0. The average molecular weight is 400 g/mol. The Morgan fingerprint density at radius 1 is 1.08 bits per heavy atom. The normalized spacial score (nSPS) is 23.0. The van der Waals surface area contributed by atoms with Gasteiger partial charge in [-0.15, -0.1) is 23.2 Å². The molecule has 1 aliphatic rings. The molecule has 0 bridgehead atoms. The Labute approximate surface area is 168 Å².